The highest BCUT2D eigenvalue weighted by atomic mass is 16.6. The van der Waals surface area contributed by atoms with Crippen LogP contribution in [0.2, 0.25) is 0 Å². The van der Waals surface area contributed by atoms with E-state index in [0.717, 1.165) is 16.8 Å². The summed E-state index contributed by atoms with van der Waals surface area (Å²) in [6.45, 7) is 9.42. The molecule has 2 atom stereocenters. The van der Waals surface area contributed by atoms with Gasteiger partial charge in [0.25, 0.3) is 0 Å². The summed E-state index contributed by atoms with van der Waals surface area (Å²) < 4.78 is 21.5. The predicted molar refractivity (Wildman–Crippen MR) is 153 cm³/mol. The van der Waals surface area contributed by atoms with Crippen LogP contribution in [-0.4, -0.2) is 44.4 Å². The smallest absolute Gasteiger partial charge is 0.343 e. The van der Waals surface area contributed by atoms with Crippen molar-refractivity contribution in [2.75, 3.05) is 19.8 Å². The molecule has 0 aliphatic heterocycles. The summed E-state index contributed by atoms with van der Waals surface area (Å²) in [5.41, 5.74) is 3.17. The molecule has 210 valence electrons. The van der Waals surface area contributed by atoms with Crippen molar-refractivity contribution in [3.63, 3.8) is 0 Å². The van der Waals surface area contributed by atoms with Gasteiger partial charge in [-0.3, -0.25) is 14.6 Å². The number of rotatable bonds is 14. The molecule has 0 spiro atoms. The molecule has 0 radical (unpaired) electrons. The van der Waals surface area contributed by atoms with Crippen LogP contribution in [0.15, 0.2) is 77.8 Å². The molecule has 0 bridgehead atoms. The van der Waals surface area contributed by atoms with E-state index in [9.17, 15) is 14.4 Å². The number of carbonyl (C=O) groups excluding carboxylic acids is 3. The quantitative estimate of drug-likeness (QED) is 0.0994. The number of hydrogen-bond donors (Lipinski definition) is 0. The summed E-state index contributed by atoms with van der Waals surface area (Å²) >= 11 is 0. The Balaban J connectivity index is 1.42. The van der Waals surface area contributed by atoms with Gasteiger partial charge < -0.3 is 18.9 Å². The number of esters is 3. The van der Waals surface area contributed by atoms with Crippen LogP contribution in [0, 0.1) is 11.8 Å². The van der Waals surface area contributed by atoms with E-state index in [1.54, 1.807) is 50.2 Å². The Morgan fingerprint density at radius 1 is 0.775 bits per heavy atom. The second-order valence-corrected chi connectivity index (χ2v) is 9.15. The fourth-order valence-electron chi connectivity index (χ4n) is 3.98. The van der Waals surface area contributed by atoms with Crippen molar-refractivity contribution >= 4 is 30.3 Å². The molecule has 3 aromatic rings. The molecule has 0 heterocycles. The lowest BCUT2D eigenvalue weighted by molar-refractivity contribution is -0.152. The maximum atomic E-state index is 12.6. The van der Waals surface area contributed by atoms with E-state index in [1.165, 1.54) is 0 Å². The average Bonchev–Trinajstić information content (AvgIpc) is 2.98. The zero-order chi connectivity index (χ0) is 28.9. The largest absolute Gasteiger partial charge is 0.490 e. The molecule has 0 amide bonds. The first-order valence-corrected chi connectivity index (χ1v) is 13.3. The third-order valence-electron chi connectivity index (χ3n) is 6.29. The van der Waals surface area contributed by atoms with Crippen molar-refractivity contribution in [1.82, 2.24) is 0 Å². The second kappa shape index (κ2) is 15.2. The molecule has 0 aliphatic rings. The SMILES string of the molecule is C=Nc1ccc(-c2ccc(OC(=O)c3ccc(OCCOC(=O)C(C)CC(CC)C(=O)OCC)cc3)cc2)cc1. The van der Waals surface area contributed by atoms with Crippen molar-refractivity contribution in [1.29, 1.82) is 0 Å². The van der Waals surface area contributed by atoms with Crippen LogP contribution in [0.4, 0.5) is 5.69 Å². The lowest BCUT2D eigenvalue weighted by atomic mass is 9.94. The number of nitrogens with zero attached hydrogens (tertiary/aromatic N) is 1. The van der Waals surface area contributed by atoms with E-state index in [-0.39, 0.29) is 31.1 Å². The minimum atomic E-state index is -0.489. The van der Waals surface area contributed by atoms with Gasteiger partial charge >= 0.3 is 17.9 Å². The molecule has 0 fully saturated rings. The lowest BCUT2D eigenvalue weighted by Crippen LogP contribution is -2.25. The number of benzene rings is 3. The van der Waals surface area contributed by atoms with Gasteiger partial charge in [0, 0.05) is 0 Å². The molecule has 0 saturated heterocycles. The molecule has 8 nitrogen and oxygen atoms in total. The van der Waals surface area contributed by atoms with Gasteiger partial charge in [-0.2, -0.15) is 0 Å². The van der Waals surface area contributed by atoms with Crippen LogP contribution in [0.5, 0.6) is 11.5 Å². The molecule has 3 aromatic carbocycles. The van der Waals surface area contributed by atoms with E-state index in [1.807, 2.05) is 43.3 Å². The van der Waals surface area contributed by atoms with Crippen LogP contribution in [0.3, 0.4) is 0 Å². The summed E-state index contributed by atoms with van der Waals surface area (Å²) in [6, 6.07) is 21.4. The minimum Gasteiger partial charge on any atom is -0.490 e. The zero-order valence-electron chi connectivity index (χ0n) is 23.1. The van der Waals surface area contributed by atoms with Gasteiger partial charge in [0.05, 0.1) is 29.7 Å². The highest BCUT2D eigenvalue weighted by molar-refractivity contribution is 5.91. The van der Waals surface area contributed by atoms with Gasteiger partial charge in [-0.1, -0.05) is 38.1 Å². The van der Waals surface area contributed by atoms with E-state index in [2.05, 4.69) is 11.7 Å². The number of carbonyl (C=O) groups is 3. The van der Waals surface area contributed by atoms with E-state index in [0.29, 0.717) is 36.5 Å². The molecule has 40 heavy (non-hydrogen) atoms. The molecule has 0 aromatic heterocycles. The fourth-order valence-corrected chi connectivity index (χ4v) is 3.98. The van der Waals surface area contributed by atoms with Crippen molar-refractivity contribution < 1.29 is 33.3 Å². The Morgan fingerprint density at radius 3 is 1.95 bits per heavy atom. The summed E-state index contributed by atoms with van der Waals surface area (Å²) in [6.07, 6.45) is 0.970. The Bertz CT molecular complexity index is 1270. The number of aliphatic imine (C=N–C) groups is 1. The Morgan fingerprint density at radius 2 is 1.38 bits per heavy atom. The predicted octanol–water partition coefficient (Wildman–Crippen LogP) is 6.44. The lowest BCUT2D eigenvalue weighted by Gasteiger charge is -2.17. The third kappa shape index (κ3) is 8.80. The van der Waals surface area contributed by atoms with Crippen LogP contribution in [0.25, 0.3) is 11.1 Å². The topological polar surface area (TPSA) is 100 Å². The van der Waals surface area contributed by atoms with Crippen molar-refractivity contribution in [3.8, 4) is 22.6 Å². The number of ether oxygens (including phenoxy) is 4. The van der Waals surface area contributed by atoms with Crippen molar-refractivity contribution in [2.45, 2.75) is 33.6 Å². The van der Waals surface area contributed by atoms with Crippen LogP contribution in [0.1, 0.15) is 44.0 Å². The van der Waals surface area contributed by atoms with Crippen molar-refractivity contribution in [2.24, 2.45) is 16.8 Å². The van der Waals surface area contributed by atoms with Gasteiger partial charge in [-0.15, -0.1) is 0 Å². The normalized spacial score (nSPS) is 12.1. The van der Waals surface area contributed by atoms with Crippen molar-refractivity contribution in [3.05, 3.63) is 78.4 Å². The zero-order valence-corrected chi connectivity index (χ0v) is 23.1. The van der Waals surface area contributed by atoms with Crippen LogP contribution < -0.4 is 9.47 Å². The third-order valence-corrected chi connectivity index (χ3v) is 6.29. The number of hydrogen-bond acceptors (Lipinski definition) is 8. The summed E-state index contributed by atoms with van der Waals surface area (Å²) in [4.78, 5) is 40.7. The molecule has 0 saturated carbocycles. The van der Waals surface area contributed by atoms with Crippen LogP contribution in [-0.2, 0) is 19.1 Å². The van der Waals surface area contributed by atoms with Gasteiger partial charge in [0.2, 0.25) is 0 Å². The molecule has 3 rings (SSSR count). The Labute approximate surface area is 234 Å². The second-order valence-electron chi connectivity index (χ2n) is 9.15. The average molecular weight is 546 g/mol. The highest BCUT2D eigenvalue weighted by Gasteiger charge is 2.25. The summed E-state index contributed by atoms with van der Waals surface area (Å²) in [5, 5.41) is 0. The van der Waals surface area contributed by atoms with Crippen LogP contribution >= 0.6 is 0 Å². The first-order chi connectivity index (χ1) is 19.3. The first kappa shape index (κ1) is 30.1. The molecule has 8 heteroatoms. The van der Waals surface area contributed by atoms with Gasteiger partial charge in [0.15, 0.2) is 0 Å². The summed E-state index contributed by atoms with van der Waals surface area (Å²) in [7, 11) is 0. The minimum absolute atomic E-state index is 0.0639. The van der Waals surface area contributed by atoms with E-state index >= 15 is 0 Å². The first-order valence-electron chi connectivity index (χ1n) is 13.3. The van der Waals surface area contributed by atoms with E-state index in [4.69, 9.17) is 18.9 Å². The maximum absolute atomic E-state index is 12.6. The van der Waals surface area contributed by atoms with E-state index < -0.39 is 11.9 Å². The van der Waals surface area contributed by atoms with Gasteiger partial charge in [0.1, 0.15) is 24.7 Å². The van der Waals surface area contributed by atoms with Gasteiger partial charge in [-0.25, -0.2) is 4.79 Å². The molecular formula is C32H35NO7. The molecule has 2 unspecified atom stereocenters. The highest BCUT2D eigenvalue weighted by Crippen LogP contribution is 2.25. The standard InChI is InChI=1S/C32H35NO7/c1-5-23(31(35)37-6-2)21-22(3)30(34)39-20-19-38-28-15-11-26(12-16-28)32(36)40-29-17-9-25(10-18-29)24-7-13-27(33-4)14-8-24/h7-18,22-23H,4-6,19-21H2,1-3H3. The summed E-state index contributed by atoms with van der Waals surface area (Å²) in [5.74, 6) is -0.975. The Hall–Kier alpha value is -4.46. The molecule has 0 aliphatic carbocycles. The van der Waals surface area contributed by atoms with Gasteiger partial charge in [-0.05, 0) is 86.1 Å². The molecule has 0 N–H and O–H groups in total. The Kier molecular flexibility index (Phi) is 11.4. The fraction of sp³-hybridized carbons (Fsp3) is 0.312. The maximum Gasteiger partial charge on any atom is 0.343 e. The monoisotopic (exact) mass is 545 g/mol. The molecular weight excluding hydrogens is 510 g/mol.